The molecule has 0 atom stereocenters. The molecular weight excluding hydrogens is 280 g/mol. The van der Waals surface area contributed by atoms with Crippen molar-refractivity contribution in [3.63, 3.8) is 0 Å². The van der Waals surface area contributed by atoms with Gasteiger partial charge in [-0.2, -0.15) is 0 Å². The Morgan fingerprint density at radius 3 is 2.79 bits per heavy atom. The van der Waals surface area contributed by atoms with E-state index in [1.165, 1.54) is 11.3 Å². The van der Waals surface area contributed by atoms with Gasteiger partial charge in [-0.1, -0.05) is 41.7 Å². The summed E-state index contributed by atoms with van der Waals surface area (Å²) in [5, 5.41) is 26.7. The monoisotopic (exact) mass is 288 g/mol. The van der Waals surface area contributed by atoms with Crippen molar-refractivity contribution in [1.29, 1.82) is 0 Å². The van der Waals surface area contributed by atoms with Crippen LogP contribution in [0.5, 0.6) is 5.75 Å². The topological polar surface area (TPSA) is 73.6 Å². The number of aromatic hydroxyl groups is 1. The molecule has 1 heterocycles. The Labute approximate surface area is 117 Å². The van der Waals surface area contributed by atoms with Crippen LogP contribution in [0.25, 0.3) is 10.8 Å². The largest absolute Gasteiger partial charge is 0.506 e. The SMILES string of the molecule is Oc1ccc2ccccc2c1N=Nc1n[nH]c(=S)s1. The number of rotatable bonds is 2. The first-order valence-electron chi connectivity index (χ1n) is 5.42. The number of benzene rings is 2. The zero-order valence-electron chi connectivity index (χ0n) is 9.57. The maximum absolute atomic E-state index is 9.89. The minimum atomic E-state index is 0.0848. The molecule has 7 heteroatoms. The van der Waals surface area contributed by atoms with Crippen molar-refractivity contribution in [2.45, 2.75) is 0 Å². The molecule has 0 unspecified atom stereocenters. The first-order chi connectivity index (χ1) is 9.24. The minimum absolute atomic E-state index is 0.0848. The fourth-order valence-corrected chi connectivity index (χ4v) is 2.41. The van der Waals surface area contributed by atoms with Crippen molar-refractivity contribution in [2.75, 3.05) is 0 Å². The predicted octanol–water partition coefficient (Wildman–Crippen LogP) is 4.47. The Bertz CT molecular complexity index is 822. The molecule has 0 aliphatic carbocycles. The summed E-state index contributed by atoms with van der Waals surface area (Å²) < 4.78 is 0.538. The lowest BCUT2D eigenvalue weighted by Crippen LogP contribution is -1.74. The van der Waals surface area contributed by atoms with E-state index in [-0.39, 0.29) is 5.75 Å². The summed E-state index contributed by atoms with van der Waals surface area (Å²) in [4.78, 5) is 0. The molecule has 2 aromatic carbocycles. The lowest BCUT2D eigenvalue weighted by molar-refractivity contribution is 0.477. The smallest absolute Gasteiger partial charge is 0.250 e. The molecule has 1 aromatic heterocycles. The van der Waals surface area contributed by atoms with Crippen molar-refractivity contribution >= 4 is 45.1 Å². The molecule has 0 bridgehead atoms. The molecule has 0 aliphatic heterocycles. The third kappa shape index (κ3) is 2.38. The molecule has 3 aromatic rings. The Morgan fingerprint density at radius 1 is 1.16 bits per heavy atom. The van der Waals surface area contributed by atoms with E-state index in [1.807, 2.05) is 30.3 Å². The Morgan fingerprint density at radius 2 is 2.00 bits per heavy atom. The highest BCUT2D eigenvalue weighted by Gasteiger charge is 2.06. The van der Waals surface area contributed by atoms with Crippen molar-refractivity contribution in [2.24, 2.45) is 10.2 Å². The predicted molar refractivity (Wildman–Crippen MR) is 77.1 cm³/mol. The van der Waals surface area contributed by atoms with Gasteiger partial charge in [0.1, 0.15) is 11.4 Å². The van der Waals surface area contributed by atoms with E-state index in [9.17, 15) is 5.11 Å². The van der Waals surface area contributed by atoms with E-state index in [1.54, 1.807) is 6.07 Å². The number of nitrogens with one attached hydrogen (secondary N) is 1. The van der Waals surface area contributed by atoms with Gasteiger partial charge >= 0.3 is 0 Å². The second kappa shape index (κ2) is 4.87. The molecule has 0 fully saturated rings. The Kier molecular flexibility index (Phi) is 3.06. The van der Waals surface area contributed by atoms with E-state index < -0.39 is 0 Å². The normalized spacial score (nSPS) is 11.4. The minimum Gasteiger partial charge on any atom is -0.506 e. The van der Waals surface area contributed by atoms with Crippen molar-refractivity contribution in [3.05, 3.63) is 40.4 Å². The first-order valence-corrected chi connectivity index (χ1v) is 6.64. The van der Waals surface area contributed by atoms with Gasteiger partial charge in [0.05, 0.1) is 0 Å². The number of hydrogen-bond donors (Lipinski definition) is 2. The number of aromatic amines is 1. The highest BCUT2D eigenvalue weighted by Crippen LogP contribution is 2.35. The van der Waals surface area contributed by atoms with Crippen LogP contribution in [0.15, 0.2) is 46.6 Å². The second-order valence-corrected chi connectivity index (χ2v) is 5.39. The van der Waals surface area contributed by atoms with Gasteiger partial charge in [-0.15, -0.1) is 15.3 Å². The lowest BCUT2D eigenvalue weighted by atomic mass is 10.1. The molecule has 3 rings (SSSR count). The number of azo groups is 1. The zero-order valence-corrected chi connectivity index (χ0v) is 11.2. The lowest BCUT2D eigenvalue weighted by Gasteiger charge is -2.02. The molecule has 0 radical (unpaired) electrons. The highest BCUT2D eigenvalue weighted by atomic mass is 32.1. The average molecular weight is 288 g/mol. The molecule has 2 N–H and O–H groups in total. The summed E-state index contributed by atoms with van der Waals surface area (Å²) in [5.74, 6) is 0.0848. The van der Waals surface area contributed by atoms with E-state index >= 15 is 0 Å². The molecule has 19 heavy (non-hydrogen) atoms. The van der Waals surface area contributed by atoms with Crippen LogP contribution in [-0.2, 0) is 0 Å². The van der Waals surface area contributed by atoms with Crippen LogP contribution in [0.2, 0.25) is 0 Å². The summed E-state index contributed by atoms with van der Waals surface area (Å²) in [6.45, 7) is 0. The van der Waals surface area contributed by atoms with Gasteiger partial charge in [0, 0.05) is 5.39 Å². The van der Waals surface area contributed by atoms with Crippen LogP contribution >= 0.6 is 23.6 Å². The molecular formula is C12H8N4OS2. The van der Waals surface area contributed by atoms with Crippen molar-refractivity contribution in [3.8, 4) is 5.75 Å². The third-order valence-electron chi connectivity index (χ3n) is 2.54. The summed E-state index contributed by atoms with van der Waals surface area (Å²) in [6, 6.07) is 11.1. The van der Waals surface area contributed by atoms with Gasteiger partial charge in [0.25, 0.3) is 0 Å². The Hall–Kier alpha value is -2.12. The number of phenols is 1. The summed E-state index contributed by atoms with van der Waals surface area (Å²) in [5.41, 5.74) is 0.430. The number of fused-ring (bicyclic) bond motifs is 1. The van der Waals surface area contributed by atoms with Crippen LogP contribution in [0, 0.1) is 3.95 Å². The molecule has 0 saturated heterocycles. The fraction of sp³-hybridized carbons (Fsp3) is 0. The summed E-state index contributed by atoms with van der Waals surface area (Å²) in [7, 11) is 0. The average Bonchev–Trinajstić information content (AvgIpc) is 2.83. The van der Waals surface area contributed by atoms with Gasteiger partial charge in [-0.3, -0.25) is 5.10 Å². The maximum Gasteiger partial charge on any atom is 0.250 e. The van der Waals surface area contributed by atoms with E-state index in [2.05, 4.69) is 20.4 Å². The second-order valence-electron chi connectivity index (χ2n) is 3.75. The van der Waals surface area contributed by atoms with E-state index in [0.29, 0.717) is 14.8 Å². The summed E-state index contributed by atoms with van der Waals surface area (Å²) >= 11 is 6.14. The number of nitrogens with zero attached hydrogens (tertiary/aromatic N) is 3. The molecule has 0 saturated carbocycles. The van der Waals surface area contributed by atoms with Crippen molar-refractivity contribution < 1.29 is 5.11 Å². The van der Waals surface area contributed by atoms with Gasteiger partial charge in [0.2, 0.25) is 5.13 Å². The van der Waals surface area contributed by atoms with Gasteiger partial charge in [-0.05, 0) is 23.7 Å². The number of H-pyrrole nitrogens is 1. The Balaban J connectivity index is 2.11. The van der Waals surface area contributed by atoms with Crippen LogP contribution in [0.1, 0.15) is 0 Å². The number of aromatic nitrogens is 2. The van der Waals surface area contributed by atoms with Gasteiger partial charge in [0.15, 0.2) is 3.95 Å². The molecule has 0 amide bonds. The summed E-state index contributed by atoms with van der Waals surface area (Å²) in [6.07, 6.45) is 0. The molecule has 5 nitrogen and oxygen atoms in total. The first kappa shape index (κ1) is 11.9. The van der Waals surface area contributed by atoms with Crippen LogP contribution in [-0.4, -0.2) is 15.3 Å². The molecule has 94 valence electrons. The van der Waals surface area contributed by atoms with Gasteiger partial charge in [-0.25, -0.2) is 0 Å². The molecule has 0 aliphatic rings. The maximum atomic E-state index is 9.89. The zero-order chi connectivity index (χ0) is 13.2. The highest BCUT2D eigenvalue weighted by molar-refractivity contribution is 7.73. The van der Waals surface area contributed by atoms with E-state index in [4.69, 9.17) is 12.2 Å². The van der Waals surface area contributed by atoms with Crippen LogP contribution in [0.4, 0.5) is 10.8 Å². The standard InChI is InChI=1S/C12H8N4OS2/c17-9-6-5-7-3-1-2-4-8(7)10(9)13-14-11-15-16-12(18)19-11/h1-6,17H,(H,16,18). The number of hydrogen-bond acceptors (Lipinski definition) is 6. The van der Waals surface area contributed by atoms with Crippen LogP contribution in [0.3, 0.4) is 0 Å². The van der Waals surface area contributed by atoms with Gasteiger partial charge < -0.3 is 5.11 Å². The quantitative estimate of drug-likeness (QED) is 0.539. The third-order valence-corrected chi connectivity index (χ3v) is 3.52. The number of phenolic OH excluding ortho intramolecular Hbond substituents is 1. The van der Waals surface area contributed by atoms with Crippen molar-refractivity contribution in [1.82, 2.24) is 10.2 Å². The molecule has 0 spiro atoms. The van der Waals surface area contributed by atoms with E-state index in [0.717, 1.165) is 10.8 Å². The van der Waals surface area contributed by atoms with Crippen LogP contribution < -0.4 is 0 Å². The fourth-order valence-electron chi connectivity index (χ4n) is 1.71.